The van der Waals surface area contributed by atoms with E-state index >= 15 is 0 Å². The number of aryl methyl sites for hydroxylation is 1. The van der Waals surface area contributed by atoms with Crippen LogP contribution in [0.15, 0.2) is 70.4 Å². The van der Waals surface area contributed by atoms with Gasteiger partial charge in [-0.3, -0.25) is 9.59 Å². The van der Waals surface area contributed by atoms with Gasteiger partial charge in [-0.2, -0.15) is 0 Å². The van der Waals surface area contributed by atoms with Crippen molar-refractivity contribution in [3.05, 3.63) is 97.8 Å². The van der Waals surface area contributed by atoms with Gasteiger partial charge in [0.2, 0.25) is 0 Å². The molecule has 0 aliphatic heterocycles. The van der Waals surface area contributed by atoms with Crippen molar-refractivity contribution < 1.29 is 4.79 Å². The predicted octanol–water partition coefficient (Wildman–Crippen LogP) is 2.60. The van der Waals surface area contributed by atoms with Crippen LogP contribution in [0.5, 0.6) is 0 Å². The number of nitrogens with zero attached hydrogens (tertiary/aromatic N) is 2. The van der Waals surface area contributed by atoms with Gasteiger partial charge in [-0.25, -0.2) is 9.36 Å². The van der Waals surface area contributed by atoms with Gasteiger partial charge in [0.25, 0.3) is 11.5 Å². The van der Waals surface area contributed by atoms with Crippen molar-refractivity contribution in [2.75, 3.05) is 0 Å². The second kappa shape index (κ2) is 7.44. The number of halogens is 1. The molecule has 2 aromatic heterocycles. The van der Waals surface area contributed by atoms with Crippen molar-refractivity contribution in [3.8, 4) is 5.69 Å². The Kier molecular flexibility index (Phi) is 4.82. The summed E-state index contributed by atoms with van der Waals surface area (Å²) in [5.74, 6) is -0.376. The number of aromatic amines is 1. The molecule has 0 bridgehead atoms. The van der Waals surface area contributed by atoms with Crippen molar-refractivity contribution in [3.63, 3.8) is 0 Å². The highest BCUT2D eigenvalue weighted by molar-refractivity contribution is 6.30. The summed E-state index contributed by atoms with van der Waals surface area (Å²) in [7, 11) is 1.65. The van der Waals surface area contributed by atoms with E-state index in [1.54, 1.807) is 31.3 Å². The molecule has 0 atom stereocenters. The van der Waals surface area contributed by atoms with E-state index in [2.05, 4.69) is 10.3 Å². The summed E-state index contributed by atoms with van der Waals surface area (Å²) >= 11 is 5.89. The van der Waals surface area contributed by atoms with Gasteiger partial charge in [0.1, 0.15) is 5.52 Å². The fourth-order valence-electron chi connectivity index (χ4n) is 3.24. The largest absolute Gasteiger partial charge is 0.348 e. The van der Waals surface area contributed by atoms with Crippen LogP contribution in [-0.4, -0.2) is 20.0 Å². The SMILES string of the molecule is Cn1cc(C(=O)NCc2ccccc2)c2[nH]c(=O)n(-c3ccc(Cl)cc3)c(=O)c21. The quantitative estimate of drug-likeness (QED) is 0.544. The summed E-state index contributed by atoms with van der Waals surface area (Å²) in [5, 5.41) is 3.31. The van der Waals surface area contributed by atoms with Gasteiger partial charge < -0.3 is 14.9 Å². The van der Waals surface area contributed by atoms with E-state index in [4.69, 9.17) is 11.6 Å². The minimum absolute atomic E-state index is 0.207. The third-order valence-electron chi connectivity index (χ3n) is 4.65. The van der Waals surface area contributed by atoms with E-state index in [0.717, 1.165) is 10.1 Å². The van der Waals surface area contributed by atoms with Crippen molar-refractivity contribution in [1.29, 1.82) is 0 Å². The van der Waals surface area contributed by atoms with Crippen LogP contribution < -0.4 is 16.6 Å². The Morgan fingerprint density at radius 2 is 1.76 bits per heavy atom. The average Bonchev–Trinajstić information content (AvgIpc) is 3.04. The first-order valence-corrected chi connectivity index (χ1v) is 9.26. The molecule has 0 radical (unpaired) electrons. The number of nitrogens with one attached hydrogen (secondary N) is 2. The maximum absolute atomic E-state index is 13.0. The van der Waals surface area contributed by atoms with E-state index in [9.17, 15) is 14.4 Å². The molecule has 0 saturated heterocycles. The van der Waals surface area contributed by atoms with Crippen molar-refractivity contribution in [2.24, 2.45) is 7.05 Å². The highest BCUT2D eigenvalue weighted by Crippen LogP contribution is 2.16. The molecule has 0 saturated carbocycles. The first-order valence-electron chi connectivity index (χ1n) is 8.88. The number of aromatic nitrogens is 3. The molecule has 2 N–H and O–H groups in total. The maximum Gasteiger partial charge on any atom is 0.333 e. The molecule has 4 rings (SSSR count). The lowest BCUT2D eigenvalue weighted by molar-refractivity contribution is 0.0952. The second-order valence-corrected chi connectivity index (χ2v) is 7.03. The molecule has 146 valence electrons. The number of hydrogen-bond donors (Lipinski definition) is 2. The van der Waals surface area contributed by atoms with Crippen molar-refractivity contribution in [2.45, 2.75) is 6.54 Å². The lowest BCUT2D eigenvalue weighted by Crippen LogP contribution is -2.34. The maximum atomic E-state index is 13.0. The summed E-state index contributed by atoms with van der Waals surface area (Å²) in [6.07, 6.45) is 1.54. The highest BCUT2D eigenvalue weighted by atomic mass is 35.5. The predicted molar refractivity (Wildman–Crippen MR) is 112 cm³/mol. The fourth-order valence-corrected chi connectivity index (χ4v) is 3.37. The minimum Gasteiger partial charge on any atom is -0.348 e. The third kappa shape index (κ3) is 3.48. The molecule has 2 aromatic carbocycles. The number of H-pyrrole nitrogens is 1. The van der Waals surface area contributed by atoms with E-state index in [-0.39, 0.29) is 22.5 Å². The molecule has 0 spiro atoms. The van der Waals surface area contributed by atoms with Crippen molar-refractivity contribution >= 4 is 28.5 Å². The smallest absolute Gasteiger partial charge is 0.333 e. The number of amides is 1. The van der Waals surface area contributed by atoms with Gasteiger partial charge in [0, 0.05) is 24.8 Å². The first-order chi connectivity index (χ1) is 14.0. The van der Waals surface area contributed by atoms with Gasteiger partial charge in [-0.1, -0.05) is 41.9 Å². The normalized spacial score (nSPS) is 11.0. The molecule has 8 heteroatoms. The molecule has 29 heavy (non-hydrogen) atoms. The van der Waals surface area contributed by atoms with E-state index in [1.807, 2.05) is 30.3 Å². The Labute approximate surface area is 170 Å². The van der Waals surface area contributed by atoms with Gasteiger partial charge >= 0.3 is 5.69 Å². The third-order valence-corrected chi connectivity index (χ3v) is 4.90. The topological polar surface area (TPSA) is 88.9 Å². The molecule has 1 amide bonds. The molecule has 0 fully saturated rings. The lowest BCUT2D eigenvalue weighted by Gasteiger charge is -2.07. The summed E-state index contributed by atoms with van der Waals surface area (Å²) < 4.78 is 2.56. The van der Waals surface area contributed by atoms with Gasteiger partial charge in [0.05, 0.1) is 16.8 Å². The number of benzene rings is 2. The number of carbonyl (C=O) groups excluding carboxylic acids is 1. The fraction of sp³-hybridized carbons (Fsp3) is 0.0952. The summed E-state index contributed by atoms with van der Waals surface area (Å²) in [4.78, 5) is 41.0. The molecule has 4 aromatic rings. The Morgan fingerprint density at radius 3 is 2.45 bits per heavy atom. The number of fused-ring (bicyclic) bond motifs is 1. The van der Waals surface area contributed by atoms with E-state index < -0.39 is 11.2 Å². The minimum atomic E-state index is -0.631. The zero-order chi connectivity index (χ0) is 20.5. The number of rotatable bonds is 4. The van der Waals surface area contributed by atoms with Crippen molar-refractivity contribution in [1.82, 2.24) is 19.4 Å². The Balaban J connectivity index is 1.76. The Morgan fingerprint density at radius 1 is 1.07 bits per heavy atom. The average molecular weight is 409 g/mol. The number of carbonyl (C=O) groups is 1. The zero-order valence-electron chi connectivity index (χ0n) is 15.5. The van der Waals surface area contributed by atoms with Crippen LogP contribution in [0.2, 0.25) is 5.02 Å². The van der Waals surface area contributed by atoms with Gasteiger partial charge in [0.15, 0.2) is 0 Å². The Bertz CT molecular complexity index is 1320. The van der Waals surface area contributed by atoms with Crippen LogP contribution in [-0.2, 0) is 13.6 Å². The van der Waals surface area contributed by atoms with Crippen LogP contribution >= 0.6 is 11.6 Å². The lowest BCUT2D eigenvalue weighted by atomic mass is 10.2. The summed E-state index contributed by atoms with van der Waals surface area (Å²) in [5.41, 5.74) is 0.848. The van der Waals surface area contributed by atoms with Gasteiger partial charge in [-0.15, -0.1) is 0 Å². The molecular formula is C21H17ClN4O3. The van der Waals surface area contributed by atoms with E-state index in [1.165, 1.54) is 10.8 Å². The van der Waals surface area contributed by atoms with Crippen LogP contribution in [0, 0.1) is 0 Å². The first kappa shape index (κ1) is 18.8. The molecule has 7 nitrogen and oxygen atoms in total. The van der Waals surface area contributed by atoms with Crippen LogP contribution in [0.25, 0.3) is 16.7 Å². The zero-order valence-corrected chi connectivity index (χ0v) is 16.2. The standard InChI is InChI=1S/C21H17ClN4O3/c1-25-12-16(19(27)23-11-13-5-3-2-4-6-13)17-18(25)20(28)26(21(29)24-17)15-9-7-14(22)8-10-15/h2-10,12H,11H2,1H3,(H,23,27)(H,24,29). The summed E-state index contributed by atoms with van der Waals surface area (Å²) in [6, 6.07) is 15.8. The second-order valence-electron chi connectivity index (χ2n) is 6.59. The van der Waals surface area contributed by atoms with E-state index in [0.29, 0.717) is 17.3 Å². The van der Waals surface area contributed by atoms with Gasteiger partial charge in [-0.05, 0) is 29.8 Å². The molecule has 0 unspecified atom stereocenters. The monoisotopic (exact) mass is 408 g/mol. The van der Waals surface area contributed by atoms with Crippen LogP contribution in [0.4, 0.5) is 0 Å². The number of hydrogen-bond acceptors (Lipinski definition) is 3. The molecular weight excluding hydrogens is 392 g/mol. The summed E-state index contributed by atoms with van der Waals surface area (Å²) in [6.45, 7) is 0.335. The molecule has 0 aliphatic carbocycles. The van der Waals surface area contributed by atoms with Crippen LogP contribution in [0.3, 0.4) is 0 Å². The molecule has 0 aliphatic rings. The Hall–Kier alpha value is -3.58. The molecule has 2 heterocycles. The van der Waals surface area contributed by atoms with Crippen LogP contribution in [0.1, 0.15) is 15.9 Å². The highest BCUT2D eigenvalue weighted by Gasteiger charge is 2.20.